The first-order valence-corrected chi connectivity index (χ1v) is 7.11. The molecule has 0 saturated carbocycles. The molecule has 12 heteroatoms. The van der Waals surface area contributed by atoms with Crippen molar-refractivity contribution in [3.8, 4) is 0 Å². The van der Waals surface area contributed by atoms with Crippen LogP contribution in [0.15, 0.2) is 56.2 Å². The molecule has 0 N–H and O–H groups in total. The molecule has 1 aliphatic rings. The number of hydrogen-bond donors (Lipinski definition) is 0. The van der Waals surface area contributed by atoms with Gasteiger partial charge in [0.25, 0.3) is 0 Å². The normalized spacial score (nSPS) is 14.8. The van der Waals surface area contributed by atoms with Crippen LogP contribution in [0.25, 0.3) is 0 Å². The Bertz CT molecular complexity index is 674. The molecule has 114 valence electrons. The molecule has 4 heterocycles. The van der Waals surface area contributed by atoms with Crippen molar-refractivity contribution in [2.75, 3.05) is 0 Å². The summed E-state index contributed by atoms with van der Waals surface area (Å²) in [4.78, 5) is 24.0. The number of nitrogens with zero attached hydrogens (tertiary/aromatic N) is 6. The summed E-state index contributed by atoms with van der Waals surface area (Å²) in [6.07, 6.45) is 14.1. The van der Waals surface area contributed by atoms with Gasteiger partial charge in [-0.15, -0.1) is 0 Å². The largest absolute Gasteiger partial charge is 0.470 e. The summed E-state index contributed by atoms with van der Waals surface area (Å²) in [7, 11) is -2.14. The molecule has 4 rings (SSSR count). The van der Waals surface area contributed by atoms with Gasteiger partial charge in [0.1, 0.15) is 19.0 Å². The Kier molecular flexibility index (Phi) is 4.23. The zero-order chi connectivity index (χ0) is 16.2. The van der Waals surface area contributed by atoms with Crippen molar-refractivity contribution < 1.29 is 13.7 Å². The van der Waals surface area contributed by atoms with Gasteiger partial charge < -0.3 is 13.7 Å². The predicted molar refractivity (Wildman–Crippen MR) is 85.5 cm³/mol. The van der Waals surface area contributed by atoms with Crippen molar-refractivity contribution in [1.82, 2.24) is 29.9 Å². The first-order chi connectivity index (χ1) is 11.9. The van der Waals surface area contributed by atoms with Gasteiger partial charge in [-0.1, -0.05) is 0 Å². The molecule has 1 fully saturated rings. The van der Waals surface area contributed by atoms with Gasteiger partial charge in [-0.25, -0.2) is 29.9 Å². The Labute approximate surface area is 138 Å². The van der Waals surface area contributed by atoms with E-state index in [1.165, 1.54) is 19.0 Å². The lowest BCUT2D eigenvalue weighted by atomic mass is 9.63. The zero-order valence-electron chi connectivity index (χ0n) is 12.3. The van der Waals surface area contributed by atoms with Crippen LogP contribution in [-0.2, 0) is 13.7 Å². The first-order valence-electron chi connectivity index (χ1n) is 7.11. The summed E-state index contributed by atoms with van der Waals surface area (Å²) in [6.45, 7) is 0. The molecule has 0 amide bonds. The van der Waals surface area contributed by atoms with Crippen molar-refractivity contribution in [3.63, 3.8) is 0 Å². The van der Waals surface area contributed by atoms with Crippen LogP contribution in [0.4, 0.5) is 0 Å². The smallest absolute Gasteiger partial charge is 0.444 e. The third-order valence-electron chi connectivity index (χ3n) is 3.30. The second-order valence-electron chi connectivity index (χ2n) is 4.92. The molecule has 3 aromatic heterocycles. The predicted octanol–water partition coefficient (Wildman–Crippen LogP) is -2.39. The topological polar surface area (TPSA) is 105 Å². The standard InChI is InChI=1S/C12H9B3N6O3/c1-10(2-17-7-16-1)13-22-14(11-3-18-8-19-4-11)24-15(23-13)12-5-20-9-21-6-12/h1-9H. The maximum Gasteiger partial charge on any atom is 0.470 e. The third-order valence-corrected chi connectivity index (χ3v) is 3.30. The van der Waals surface area contributed by atoms with Gasteiger partial charge in [0.05, 0.1) is 0 Å². The fourth-order valence-corrected chi connectivity index (χ4v) is 2.20. The highest BCUT2D eigenvalue weighted by molar-refractivity contribution is 6.87. The van der Waals surface area contributed by atoms with Crippen LogP contribution in [-0.4, -0.2) is 51.3 Å². The van der Waals surface area contributed by atoms with E-state index in [4.69, 9.17) is 13.7 Å². The van der Waals surface area contributed by atoms with Gasteiger partial charge in [-0.05, 0) is 0 Å². The first kappa shape index (κ1) is 14.9. The summed E-state index contributed by atoms with van der Waals surface area (Å²) in [5, 5.41) is 0. The van der Waals surface area contributed by atoms with E-state index in [0.717, 1.165) is 0 Å². The van der Waals surface area contributed by atoms with Crippen LogP contribution in [0.5, 0.6) is 0 Å². The minimum Gasteiger partial charge on any atom is -0.444 e. The molecule has 9 nitrogen and oxygen atoms in total. The maximum absolute atomic E-state index is 5.87. The monoisotopic (exact) mass is 318 g/mol. The van der Waals surface area contributed by atoms with E-state index < -0.39 is 21.4 Å². The molecule has 0 spiro atoms. The number of rotatable bonds is 3. The van der Waals surface area contributed by atoms with E-state index in [1.807, 2.05) is 0 Å². The minimum atomic E-state index is -0.713. The summed E-state index contributed by atoms with van der Waals surface area (Å²) in [6, 6.07) is 0. The third kappa shape index (κ3) is 3.16. The van der Waals surface area contributed by atoms with Crippen LogP contribution in [0.1, 0.15) is 0 Å². The minimum absolute atomic E-state index is 0.671. The molecule has 1 saturated heterocycles. The van der Waals surface area contributed by atoms with Crippen LogP contribution >= 0.6 is 0 Å². The van der Waals surface area contributed by atoms with Crippen LogP contribution in [0, 0.1) is 0 Å². The molecular weight excluding hydrogens is 309 g/mol. The second kappa shape index (κ2) is 6.83. The molecule has 0 aliphatic carbocycles. The van der Waals surface area contributed by atoms with Gasteiger partial charge in [-0.3, -0.25) is 0 Å². The molecule has 24 heavy (non-hydrogen) atoms. The van der Waals surface area contributed by atoms with Gasteiger partial charge in [-0.2, -0.15) is 0 Å². The van der Waals surface area contributed by atoms with Gasteiger partial charge in [0.2, 0.25) is 0 Å². The van der Waals surface area contributed by atoms with Gasteiger partial charge in [0.15, 0.2) is 0 Å². The quantitative estimate of drug-likeness (QED) is 0.489. The summed E-state index contributed by atoms with van der Waals surface area (Å²) >= 11 is 0. The number of hydrogen-bond acceptors (Lipinski definition) is 9. The lowest BCUT2D eigenvalue weighted by molar-refractivity contribution is 0.308. The summed E-state index contributed by atoms with van der Waals surface area (Å²) in [5.41, 5.74) is 2.01. The zero-order valence-corrected chi connectivity index (χ0v) is 12.3. The van der Waals surface area contributed by atoms with Crippen LogP contribution in [0.2, 0.25) is 0 Å². The van der Waals surface area contributed by atoms with E-state index in [2.05, 4.69) is 29.9 Å². The van der Waals surface area contributed by atoms with Crippen molar-refractivity contribution in [3.05, 3.63) is 56.2 Å². The van der Waals surface area contributed by atoms with Crippen molar-refractivity contribution in [1.29, 1.82) is 0 Å². The average molecular weight is 318 g/mol. The highest BCUT2D eigenvalue weighted by Crippen LogP contribution is 2.08. The van der Waals surface area contributed by atoms with E-state index in [0.29, 0.717) is 16.4 Å². The SMILES string of the molecule is c1ncc(B2OB(c3cncnc3)OB(c3cncnc3)O2)cn1. The highest BCUT2D eigenvalue weighted by Gasteiger charge is 2.44. The highest BCUT2D eigenvalue weighted by atomic mass is 16.7. The lowest BCUT2D eigenvalue weighted by Crippen LogP contribution is -2.61. The van der Waals surface area contributed by atoms with Crippen molar-refractivity contribution in [2.24, 2.45) is 0 Å². The van der Waals surface area contributed by atoms with E-state index in [-0.39, 0.29) is 0 Å². The lowest BCUT2D eigenvalue weighted by Gasteiger charge is -2.30. The molecule has 0 bridgehead atoms. The Morgan fingerprint density at radius 1 is 0.458 bits per heavy atom. The molecule has 0 unspecified atom stereocenters. The van der Waals surface area contributed by atoms with E-state index in [1.54, 1.807) is 37.2 Å². The Morgan fingerprint density at radius 2 is 0.708 bits per heavy atom. The van der Waals surface area contributed by atoms with Crippen LogP contribution in [0.3, 0.4) is 0 Å². The number of aromatic nitrogens is 6. The van der Waals surface area contributed by atoms with Crippen molar-refractivity contribution >= 4 is 37.7 Å². The Balaban J connectivity index is 1.66. The molecule has 0 radical (unpaired) electrons. The molecule has 0 aromatic carbocycles. The fourth-order valence-electron chi connectivity index (χ4n) is 2.20. The molecular formula is C12H9B3N6O3. The van der Waals surface area contributed by atoms with E-state index >= 15 is 0 Å². The fraction of sp³-hybridized carbons (Fsp3) is 0. The maximum atomic E-state index is 5.87. The Hall–Kier alpha value is -2.69. The van der Waals surface area contributed by atoms with Gasteiger partial charge >= 0.3 is 21.4 Å². The van der Waals surface area contributed by atoms with Gasteiger partial charge in [0, 0.05) is 53.6 Å². The summed E-state index contributed by atoms with van der Waals surface area (Å²) in [5.74, 6) is 0. The molecule has 0 atom stereocenters. The second-order valence-corrected chi connectivity index (χ2v) is 4.92. The Morgan fingerprint density at radius 3 is 0.958 bits per heavy atom. The summed E-state index contributed by atoms with van der Waals surface area (Å²) < 4.78 is 17.6. The van der Waals surface area contributed by atoms with E-state index in [9.17, 15) is 0 Å². The van der Waals surface area contributed by atoms with Crippen LogP contribution < -0.4 is 16.4 Å². The molecule has 1 aliphatic heterocycles. The van der Waals surface area contributed by atoms with Crippen molar-refractivity contribution in [2.45, 2.75) is 0 Å². The molecule has 3 aromatic rings. The average Bonchev–Trinajstić information content (AvgIpc) is 2.70.